The van der Waals surface area contributed by atoms with Gasteiger partial charge in [0.15, 0.2) is 0 Å². The van der Waals surface area contributed by atoms with E-state index in [9.17, 15) is 4.79 Å². The van der Waals surface area contributed by atoms with E-state index in [4.69, 9.17) is 0 Å². The minimum Gasteiger partial charge on any atom is -0.381 e. The Bertz CT molecular complexity index is 626. The Hall–Kier alpha value is -2.11. The third-order valence-corrected chi connectivity index (χ3v) is 2.83. The molecule has 0 saturated carbocycles. The topological polar surface area (TPSA) is 64.7 Å². The smallest absolute Gasteiger partial charge is 0.269 e. The largest absolute Gasteiger partial charge is 0.381 e. The van der Waals surface area contributed by atoms with Crippen molar-refractivity contribution in [3.63, 3.8) is 0 Å². The van der Waals surface area contributed by atoms with E-state index < -0.39 is 0 Å². The number of hydrogen-bond acceptors (Lipinski definition) is 4. The molecule has 0 saturated heterocycles. The summed E-state index contributed by atoms with van der Waals surface area (Å²) in [5.74, 6) is 0. The molecule has 0 aliphatic rings. The molecule has 108 valence electrons. The summed E-state index contributed by atoms with van der Waals surface area (Å²) in [4.78, 5) is 12.0. The first-order valence-electron chi connectivity index (χ1n) is 6.83. The highest BCUT2D eigenvalue weighted by molar-refractivity contribution is 5.39. The Morgan fingerprint density at radius 1 is 1.30 bits per heavy atom. The minimum atomic E-state index is -0.130. The van der Waals surface area contributed by atoms with Gasteiger partial charge in [-0.25, -0.2) is 4.68 Å². The highest BCUT2D eigenvalue weighted by atomic mass is 16.1. The molecule has 0 fully saturated rings. The molecule has 0 bridgehead atoms. The number of anilines is 1. The monoisotopic (exact) mass is 275 g/mol. The quantitative estimate of drug-likeness (QED) is 0.905. The highest BCUT2D eigenvalue weighted by Gasteiger charge is 2.06. The van der Waals surface area contributed by atoms with Crippen LogP contribution in [-0.2, 0) is 6.54 Å². The summed E-state index contributed by atoms with van der Waals surface area (Å²) in [6.07, 6.45) is 3.58. The normalized spacial score (nSPS) is 11.3. The van der Waals surface area contributed by atoms with Gasteiger partial charge in [0.05, 0.1) is 24.1 Å². The third kappa shape index (κ3) is 3.46. The van der Waals surface area contributed by atoms with Crippen LogP contribution in [0.2, 0.25) is 0 Å². The van der Waals surface area contributed by atoms with Crippen molar-refractivity contribution < 1.29 is 0 Å². The third-order valence-electron chi connectivity index (χ3n) is 2.83. The van der Waals surface area contributed by atoms with Gasteiger partial charge in [0.1, 0.15) is 0 Å². The van der Waals surface area contributed by atoms with Gasteiger partial charge in [0, 0.05) is 24.3 Å². The average Bonchev–Trinajstić information content (AvgIpc) is 2.80. The molecule has 0 amide bonds. The van der Waals surface area contributed by atoms with Crippen molar-refractivity contribution in [1.82, 2.24) is 19.6 Å². The van der Waals surface area contributed by atoms with Crippen LogP contribution in [0.3, 0.4) is 0 Å². The van der Waals surface area contributed by atoms with Crippen LogP contribution < -0.4 is 10.9 Å². The van der Waals surface area contributed by atoms with Crippen LogP contribution in [0.1, 0.15) is 39.4 Å². The van der Waals surface area contributed by atoms with E-state index in [1.54, 1.807) is 12.3 Å². The Morgan fingerprint density at radius 3 is 2.60 bits per heavy atom. The van der Waals surface area contributed by atoms with Crippen LogP contribution in [0.4, 0.5) is 5.69 Å². The number of nitrogens with one attached hydrogen (secondary N) is 1. The first-order valence-corrected chi connectivity index (χ1v) is 6.83. The second-order valence-corrected chi connectivity index (χ2v) is 5.42. The molecule has 0 aliphatic carbocycles. The summed E-state index contributed by atoms with van der Waals surface area (Å²) in [5.41, 5.74) is 1.45. The van der Waals surface area contributed by atoms with Crippen LogP contribution in [-0.4, -0.2) is 25.6 Å². The summed E-state index contributed by atoms with van der Waals surface area (Å²) >= 11 is 0. The van der Waals surface area contributed by atoms with Gasteiger partial charge >= 0.3 is 0 Å². The van der Waals surface area contributed by atoms with Gasteiger partial charge in [-0.3, -0.25) is 9.48 Å². The van der Waals surface area contributed by atoms with E-state index in [1.165, 1.54) is 4.68 Å². The van der Waals surface area contributed by atoms with Gasteiger partial charge in [-0.1, -0.05) is 0 Å². The van der Waals surface area contributed by atoms with Gasteiger partial charge in [0.2, 0.25) is 0 Å². The Kier molecular flexibility index (Phi) is 4.22. The molecular formula is C14H21N5O. The number of rotatable bonds is 5. The lowest BCUT2D eigenvalue weighted by Gasteiger charge is -2.10. The van der Waals surface area contributed by atoms with Crippen molar-refractivity contribution in [3.05, 3.63) is 40.6 Å². The van der Waals surface area contributed by atoms with Crippen LogP contribution in [0.15, 0.2) is 29.3 Å². The van der Waals surface area contributed by atoms with Crippen molar-refractivity contribution in [1.29, 1.82) is 0 Å². The fourth-order valence-electron chi connectivity index (χ4n) is 1.87. The molecule has 6 heteroatoms. The Balaban J connectivity index is 2.15. The van der Waals surface area contributed by atoms with E-state index >= 15 is 0 Å². The summed E-state index contributed by atoms with van der Waals surface area (Å²) < 4.78 is 3.29. The van der Waals surface area contributed by atoms with E-state index in [0.29, 0.717) is 12.6 Å². The second-order valence-electron chi connectivity index (χ2n) is 5.42. The van der Waals surface area contributed by atoms with Crippen LogP contribution in [0, 0.1) is 0 Å². The minimum absolute atomic E-state index is 0.130. The van der Waals surface area contributed by atoms with Gasteiger partial charge in [-0.2, -0.15) is 10.2 Å². The summed E-state index contributed by atoms with van der Waals surface area (Å²) in [7, 11) is 0. The summed E-state index contributed by atoms with van der Waals surface area (Å²) in [5, 5.41) is 11.8. The maximum absolute atomic E-state index is 12.0. The van der Waals surface area contributed by atoms with Crippen LogP contribution in [0.25, 0.3) is 0 Å². The van der Waals surface area contributed by atoms with Gasteiger partial charge in [-0.05, 0) is 33.8 Å². The first-order chi connectivity index (χ1) is 9.45. The number of hydrogen-bond donors (Lipinski definition) is 1. The van der Waals surface area contributed by atoms with Gasteiger partial charge in [-0.15, -0.1) is 0 Å². The standard InChI is InChI=1S/C14H21N5O/c1-10(2)16-13-7-14(20)19(15-8-13)9-12-5-6-18(17-12)11(3)4/h5-8,10-11,16H,9H2,1-4H3. The zero-order chi connectivity index (χ0) is 14.7. The fraction of sp³-hybridized carbons (Fsp3) is 0.500. The van der Waals surface area contributed by atoms with E-state index in [2.05, 4.69) is 29.4 Å². The first kappa shape index (κ1) is 14.3. The molecule has 2 rings (SSSR count). The van der Waals surface area contributed by atoms with Gasteiger partial charge < -0.3 is 5.32 Å². The average molecular weight is 275 g/mol. The number of nitrogens with zero attached hydrogens (tertiary/aromatic N) is 4. The molecule has 1 N–H and O–H groups in total. The second kappa shape index (κ2) is 5.90. The molecule has 20 heavy (non-hydrogen) atoms. The Morgan fingerprint density at radius 2 is 2.05 bits per heavy atom. The summed E-state index contributed by atoms with van der Waals surface area (Å²) in [6.45, 7) is 8.55. The van der Waals surface area contributed by atoms with E-state index in [0.717, 1.165) is 11.4 Å². The van der Waals surface area contributed by atoms with Crippen molar-refractivity contribution in [3.8, 4) is 0 Å². The molecule has 2 aromatic rings. The molecule has 2 heterocycles. The predicted octanol–water partition coefficient (Wildman–Crippen LogP) is 1.89. The van der Waals surface area contributed by atoms with Crippen LogP contribution in [0.5, 0.6) is 0 Å². The molecule has 0 radical (unpaired) electrons. The fourth-order valence-corrected chi connectivity index (χ4v) is 1.87. The maximum Gasteiger partial charge on any atom is 0.269 e. The lowest BCUT2D eigenvalue weighted by Crippen LogP contribution is -2.24. The molecule has 6 nitrogen and oxygen atoms in total. The molecule has 2 aromatic heterocycles. The zero-order valence-electron chi connectivity index (χ0n) is 12.4. The molecule has 0 unspecified atom stereocenters. The molecule has 0 spiro atoms. The lowest BCUT2D eigenvalue weighted by molar-refractivity contribution is 0.518. The highest BCUT2D eigenvalue weighted by Crippen LogP contribution is 2.06. The zero-order valence-corrected chi connectivity index (χ0v) is 12.4. The predicted molar refractivity (Wildman–Crippen MR) is 79.0 cm³/mol. The van der Waals surface area contributed by atoms with Crippen molar-refractivity contribution in [2.45, 2.75) is 46.3 Å². The van der Waals surface area contributed by atoms with Gasteiger partial charge in [0.25, 0.3) is 5.56 Å². The summed E-state index contributed by atoms with van der Waals surface area (Å²) in [6, 6.07) is 4.06. The molecular weight excluding hydrogens is 254 g/mol. The van der Waals surface area contributed by atoms with Crippen molar-refractivity contribution in [2.24, 2.45) is 0 Å². The number of aromatic nitrogens is 4. The van der Waals surface area contributed by atoms with E-state index in [1.807, 2.05) is 30.8 Å². The maximum atomic E-state index is 12.0. The molecule has 0 aliphatic heterocycles. The van der Waals surface area contributed by atoms with Crippen molar-refractivity contribution >= 4 is 5.69 Å². The molecule has 0 atom stereocenters. The van der Waals surface area contributed by atoms with Crippen molar-refractivity contribution in [2.75, 3.05) is 5.32 Å². The van der Waals surface area contributed by atoms with E-state index in [-0.39, 0.29) is 11.6 Å². The van der Waals surface area contributed by atoms with Crippen LogP contribution >= 0.6 is 0 Å². The Labute approximate surface area is 118 Å². The lowest BCUT2D eigenvalue weighted by atomic mass is 10.3. The SMILES string of the molecule is CC(C)Nc1cnn(Cc2ccn(C(C)C)n2)c(=O)c1. The molecule has 0 aromatic carbocycles.